The molecule has 0 spiro atoms. The monoisotopic (exact) mass is 290 g/mol. The Balaban J connectivity index is 0.00000180. The predicted molar refractivity (Wildman–Crippen MR) is 71.2 cm³/mol. The van der Waals surface area contributed by atoms with Crippen LogP contribution in [0, 0.1) is 11.6 Å². The molecule has 6 heteroatoms. The van der Waals surface area contributed by atoms with Gasteiger partial charge in [0.15, 0.2) is 0 Å². The molecule has 0 aliphatic carbocycles. The minimum absolute atomic E-state index is 0. The average Bonchev–Trinajstić information content (AvgIpc) is 2.81. The van der Waals surface area contributed by atoms with E-state index in [1.54, 1.807) is 6.92 Å². The molecule has 1 heterocycles. The first-order valence-corrected chi connectivity index (χ1v) is 6.06. The van der Waals surface area contributed by atoms with E-state index in [1.807, 2.05) is 0 Å². The molecule has 0 aromatic heterocycles. The van der Waals surface area contributed by atoms with Crippen LogP contribution < -0.4 is 10.6 Å². The first-order chi connectivity index (χ1) is 8.58. The Morgan fingerprint density at radius 1 is 1.47 bits per heavy atom. The van der Waals surface area contributed by atoms with Crippen LogP contribution >= 0.6 is 12.4 Å². The standard InChI is InChI=1S/C13H16F2N2O.ClH/c1-8(10-5-4-9(14)7-11(10)15)17-13(18)12-3-2-6-16-12;/h4-5,7-8,12,16H,2-3,6H2,1H3,(H,17,18);1H/t8-,12?;/m1./s1. The second kappa shape index (κ2) is 6.82. The van der Waals surface area contributed by atoms with E-state index in [0.29, 0.717) is 5.56 Å². The fraction of sp³-hybridized carbons (Fsp3) is 0.462. The molecule has 2 atom stereocenters. The lowest BCUT2D eigenvalue weighted by Crippen LogP contribution is -2.41. The predicted octanol–water partition coefficient (Wildman–Crippen LogP) is 2.32. The first-order valence-electron chi connectivity index (χ1n) is 6.06. The maximum atomic E-state index is 13.5. The second-order valence-corrected chi connectivity index (χ2v) is 4.55. The van der Waals surface area contributed by atoms with E-state index in [-0.39, 0.29) is 24.4 Å². The highest BCUT2D eigenvalue weighted by Gasteiger charge is 2.24. The van der Waals surface area contributed by atoms with Crippen molar-refractivity contribution in [3.8, 4) is 0 Å². The third-order valence-corrected chi connectivity index (χ3v) is 3.16. The van der Waals surface area contributed by atoms with Crippen molar-refractivity contribution in [2.24, 2.45) is 0 Å². The number of halogens is 3. The fourth-order valence-electron chi connectivity index (χ4n) is 2.15. The molecule has 1 aliphatic heterocycles. The first kappa shape index (κ1) is 15.9. The summed E-state index contributed by atoms with van der Waals surface area (Å²) in [6, 6.07) is 2.70. The summed E-state index contributed by atoms with van der Waals surface area (Å²) in [4.78, 5) is 11.8. The van der Waals surface area contributed by atoms with E-state index in [9.17, 15) is 13.6 Å². The normalized spacial score (nSPS) is 19.6. The summed E-state index contributed by atoms with van der Waals surface area (Å²) in [6.07, 6.45) is 1.77. The van der Waals surface area contributed by atoms with Crippen molar-refractivity contribution in [2.45, 2.75) is 31.8 Å². The summed E-state index contributed by atoms with van der Waals surface area (Å²) in [6.45, 7) is 2.51. The SMILES string of the molecule is C[C@@H](NC(=O)C1CCCN1)c1ccc(F)cc1F.Cl. The highest BCUT2D eigenvalue weighted by atomic mass is 35.5. The molecule has 0 bridgehead atoms. The molecule has 1 unspecified atom stereocenters. The molecule has 2 rings (SSSR count). The zero-order valence-corrected chi connectivity index (χ0v) is 11.4. The van der Waals surface area contributed by atoms with Gasteiger partial charge in [0.1, 0.15) is 11.6 Å². The van der Waals surface area contributed by atoms with Crippen molar-refractivity contribution >= 4 is 18.3 Å². The molecule has 1 aliphatic rings. The molecule has 3 nitrogen and oxygen atoms in total. The summed E-state index contributed by atoms with van der Waals surface area (Å²) in [5.41, 5.74) is 0.294. The number of hydrogen-bond acceptors (Lipinski definition) is 2. The van der Waals surface area contributed by atoms with Crippen LogP contribution in [0.25, 0.3) is 0 Å². The Morgan fingerprint density at radius 3 is 2.79 bits per heavy atom. The quantitative estimate of drug-likeness (QED) is 0.897. The summed E-state index contributed by atoms with van der Waals surface area (Å²) in [5, 5.41) is 5.81. The lowest BCUT2D eigenvalue weighted by Gasteiger charge is -2.18. The topological polar surface area (TPSA) is 41.1 Å². The van der Waals surface area contributed by atoms with Crippen molar-refractivity contribution in [1.29, 1.82) is 0 Å². The molecule has 1 aromatic rings. The van der Waals surface area contributed by atoms with Crippen molar-refractivity contribution in [3.63, 3.8) is 0 Å². The van der Waals surface area contributed by atoms with Crippen molar-refractivity contribution < 1.29 is 13.6 Å². The molecule has 0 radical (unpaired) electrons. The number of carbonyl (C=O) groups is 1. The van der Waals surface area contributed by atoms with Gasteiger partial charge >= 0.3 is 0 Å². The maximum Gasteiger partial charge on any atom is 0.237 e. The summed E-state index contributed by atoms with van der Waals surface area (Å²) in [5.74, 6) is -1.39. The highest BCUT2D eigenvalue weighted by Crippen LogP contribution is 2.18. The van der Waals surface area contributed by atoms with Gasteiger partial charge in [-0.05, 0) is 32.4 Å². The Hall–Kier alpha value is -1.20. The fourth-order valence-corrected chi connectivity index (χ4v) is 2.15. The van der Waals surface area contributed by atoms with Crippen LogP contribution in [0.3, 0.4) is 0 Å². The van der Waals surface area contributed by atoms with E-state index in [2.05, 4.69) is 10.6 Å². The second-order valence-electron chi connectivity index (χ2n) is 4.55. The molecule has 1 aromatic carbocycles. The minimum Gasteiger partial charge on any atom is -0.348 e. The van der Waals surface area contributed by atoms with E-state index in [1.165, 1.54) is 12.1 Å². The Morgan fingerprint density at radius 2 is 2.21 bits per heavy atom. The van der Waals surface area contributed by atoms with E-state index in [0.717, 1.165) is 25.5 Å². The van der Waals surface area contributed by atoms with Crippen molar-refractivity contribution in [1.82, 2.24) is 10.6 Å². The third kappa shape index (κ3) is 3.88. The van der Waals surface area contributed by atoms with Crippen LogP contribution in [0.2, 0.25) is 0 Å². The molecule has 1 saturated heterocycles. The van der Waals surface area contributed by atoms with E-state index in [4.69, 9.17) is 0 Å². The highest BCUT2D eigenvalue weighted by molar-refractivity contribution is 5.85. The number of amides is 1. The summed E-state index contributed by atoms with van der Waals surface area (Å²) in [7, 11) is 0. The van der Waals surface area contributed by atoms with Crippen molar-refractivity contribution in [3.05, 3.63) is 35.4 Å². The number of carbonyl (C=O) groups excluding carboxylic acids is 1. The molecule has 106 valence electrons. The molecule has 1 fully saturated rings. The van der Waals surface area contributed by atoms with Crippen LogP contribution in [0.1, 0.15) is 31.4 Å². The summed E-state index contributed by atoms with van der Waals surface area (Å²) < 4.78 is 26.3. The molecule has 1 amide bonds. The lowest BCUT2D eigenvalue weighted by molar-refractivity contribution is -0.123. The summed E-state index contributed by atoms with van der Waals surface area (Å²) >= 11 is 0. The molecule has 19 heavy (non-hydrogen) atoms. The van der Waals surface area contributed by atoms with Gasteiger partial charge in [0.25, 0.3) is 0 Å². The van der Waals surface area contributed by atoms with E-state index >= 15 is 0 Å². The molecule has 2 N–H and O–H groups in total. The number of rotatable bonds is 3. The van der Waals surface area contributed by atoms with Gasteiger partial charge in [0.2, 0.25) is 5.91 Å². The van der Waals surface area contributed by atoms with E-state index < -0.39 is 17.7 Å². The molecular weight excluding hydrogens is 274 g/mol. The van der Waals surface area contributed by atoms with Gasteiger partial charge in [-0.2, -0.15) is 0 Å². The van der Waals surface area contributed by atoms with Gasteiger partial charge in [0.05, 0.1) is 12.1 Å². The number of hydrogen-bond donors (Lipinski definition) is 2. The Bertz CT molecular complexity index is 450. The smallest absolute Gasteiger partial charge is 0.237 e. The van der Waals surface area contributed by atoms with Gasteiger partial charge in [0, 0.05) is 11.6 Å². The largest absolute Gasteiger partial charge is 0.348 e. The zero-order chi connectivity index (χ0) is 13.1. The third-order valence-electron chi connectivity index (χ3n) is 3.16. The van der Waals surface area contributed by atoms with Crippen LogP contribution in [-0.2, 0) is 4.79 Å². The lowest BCUT2D eigenvalue weighted by atomic mass is 10.1. The number of nitrogens with one attached hydrogen (secondary N) is 2. The van der Waals surface area contributed by atoms with Crippen LogP contribution in [0.15, 0.2) is 18.2 Å². The van der Waals surface area contributed by atoms with Gasteiger partial charge in [-0.15, -0.1) is 12.4 Å². The zero-order valence-electron chi connectivity index (χ0n) is 10.6. The van der Waals surface area contributed by atoms with Crippen LogP contribution in [-0.4, -0.2) is 18.5 Å². The molecular formula is C13H17ClF2N2O. The Kier molecular flexibility index (Phi) is 5.69. The molecule has 0 saturated carbocycles. The van der Waals surface area contributed by atoms with Crippen LogP contribution in [0.5, 0.6) is 0 Å². The average molecular weight is 291 g/mol. The van der Waals surface area contributed by atoms with Gasteiger partial charge in [-0.1, -0.05) is 6.07 Å². The van der Waals surface area contributed by atoms with Crippen molar-refractivity contribution in [2.75, 3.05) is 6.54 Å². The van der Waals surface area contributed by atoms with Gasteiger partial charge in [-0.25, -0.2) is 8.78 Å². The maximum absolute atomic E-state index is 13.5. The number of benzene rings is 1. The van der Waals surface area contributed by atoms with Crippen LogP contribution in [0.4, 0.5) is 8.78 Å². The van der Waals surface area contributed by atoms with Gasteiger partial charge in [-0.3, -0.25) is 4.79 Å². The Labute approximate surface area is 117 Å². The minimum atomic E-state index is -0.637. The van der Waals surface area contributed by atoms with Gasteiger partial charge < -0.3 is 10.6 Å².